The van der Waals surface area contributed by atoms with Crippen LogP contribution in [0.1, 0.15) is 5.56 Å². The Bertz CT molecular complexity index is 413. The van der Waals surface area contributed by atoms with Crippen molar-refractivity contribution in [1.29, 1.82) is 5.26 Å². The van der Waals surface area contributed by atoms with Crippen molar-refractivity contribution >= 4 is 16.9 Å². The number of nitrogens with one attached hydrogen (secondary N) is 1. The minimum absolute atomic E-state index is 0.692. The number of allylic oxidation sites excluding steroid dienone is 1. The van der Waals surface area contributed by atoms with Crippen LogP contribution in [-0.2, 0) is 0 Å². The fraction of sp³-hybridized carbons (Fsp3) is 0.100. The first-order chi connectivity index (χ1) is 6.33. The largest absolute Gasteiger partial charge is 0.397 e. The lowest BCUT2D eigenvalue weighted by Crippen LogP contribution is -1.95. The van der Waals surface area contributed by atoms with Gasteiger partial charge in [-0.05, 0) is 11.6 Å². The molecule has 1 heterocycles. The Morgan fingerprint density at radius 1 is 1.54 bits per heavy atom. The number of benzene rings is 1. The SMILES string of the molecule is N#C/C=C1\CNc2c(N)cccc21. The highest BCUT2D eigenvalue weighted by Crippen LogP contribution is 2.34. The van der Waals surface area contributed by atoms with Gasteiger partial charge in [0.05, 0.1) is 17.4 Å². The van der Waals surface area contributed by atoms with Crippen LogP contribution < -0.4 is 11.1 Å². The van der Waals surface area contributed by atoms with E-state index in [0.717, 1.165) is 22.5 Å². The lowest BCUT2D eigenvalue weighted by molar-refractivity contribution is 1.44. The van der Waals surface area contributed by atoms with E-state index in [4.69, 9.17) is 11.0 Å². The van der Waals surface area contributed by atoms with Gasteiger partial charge < -0.3 is 11.1 Å². The Kier molecular flexibility index (Phi) is 1.67. The third kappa shape index (κ3) is 1.13. The number of nitrogens with two attached hydrogens (primary N) is 1. The molecule has 0 aromatic heterocycles. The number of rotatable bonds is 0. The highest BCUT2D eigenvalue weighted by molar-refractivity contribution is 5.91. The molecule has 0 spiro atoms. The van der Waals surface area contributed by atoms with Gasteiger partial charge in [0.2, 0.25) is 0 Å². The van der Waals surface area contributed by atoms with Crippen LogP contribution in [0.15, 0.2) is 24.3 Å². The minimum atomic E-state index is 0.692. The Morgan fingerprint density at radius 2 is 2.38 bits per heavy atom. The Morgan fingerprint density at radius 3 is 3.15 bits per heavy atom. The number of anilines is 2. The van der Waals surface area contributed by atoms with Crippen LogP contribution >= 0.6 is 0 Å². The highest BCUT2D eigenvalue weighted by atomic mass is 14.9. The van der Waals surface area contributed by atoms with E-state index in [9.17, 15) is 0 Å². The molecule has 0 fully saturated rings. The van der Waals surface area contributed by atoms with Gasteiger partial charge in [-0.25, -0.2) is 0 Å². The molecule has 0 saturated heterocycles. The second kappa shape index (κ2) is 2.83. The minimum Gasteiger partial charge on any atom is -0.397 e. The average Bonchev–Trinajstić information content (AvgIpc) is 2.51. The predicted molar refractivity (Wildman–Crippen MR) is 52.9 cm³/mol. The first kappa shape index (κ1) is 7.69. The van der Waals surface area contributed by atoms with Crippen molar-refractivity contribution in [1.82, 2.24) is 0 Å². The molecule has 0 saturated carbocycles. The maximum absolute atomic E-state index is 8.54. The Balaban J connectivity index is 2.57. The lowest BCUT2D eigenvalue weighted by Gasteiger charge is -2.01. The van der Waals surface area contributed by atoms with Crippen LogP contribution in [0.4, 0.5) is 11.4 Å². The van der Waals surface area contributed by atoms with Gasteiger partial charge in [0.15, 0.2) is 0 Å². The molecule has 0 unspecified atom stereocenters. The van der Waals surface area contributed by atoms with Gasteiger partial charge in [0, 0.05) is 18.2 Å². The molecule has 1 aromatic rings. The van der Waals surface area contributed by atoms with Crippen molar-refractivity contribution < 1.29 is 0 Å². The molecule has 0 radical (unpaired) electrons. The molecule has 13 heavy (non-hydrogen) atoms. The van der Waals surface area contributed by atoms with E-state index in [-0.39, 0.29) is 0 Å². The van der Waals surface area contributed by atoms with Gasteiger partial charge in [-0.3, -0.25) is 0 Å². The lowest BCUT2D eigenvalue weighted by atomic mass is 10.1. The molecule has 0 bridgehead atoms. The second-order valence-corrected chi connectivity index (χ2v) is 2.92. The Hall–Kier alpha value is -1.95. The highest BCUT2D eigenvalue weighted by Gasteiger charge is 2.16. The summed E-state index contributed by atoms with van der Waals surface area (Å²) >= 11 is 0. The maximum atomic E-state index is 8.54. The number of nitrogen functional groups attached to an aromatic ring is 1. The summed E-state index contributed by atoms with van der Waals surface area (Å²) in [7, 11) is 0. The first-order valence-corrected chi connectivity index (χ1v) is 4.04. The second-order valence-electron chi connectivity index (χ2n) is 2.92. The van der Waals surface area contributed by atoms with Gasteiger partial charge in [0.1, 0.15) is 0 Å². The molecule has 0 amide bonds. The molecule has 3 N–H and O–H groups in total. The number of hydrogen-bond acceptors (Lipinski definition) is 3. The van der Waals surface area contributed by atoms with E-state index in [1.54, 1.807) is 6.08 Å². The van der Waals surface area contributed by atoms with Crippen LogP contribution in [0.25, 0.3) is 5.57 Å². The molecule has 3 heteroatoms. The van der Waals surface area contributed by atoms with Gasteiger partial charge in [-0.15, -0.1) is 0 Å². The fourth-order valence-electron chi connectivity index (χ4n) is 1.52. The monoisotopic (exact) mass is 171 g/mol. The van der Waals surface area contributed by atoms with Crippen molar-refractivity contribution in [2.45, 2.75) is 0 Å². The van der Waals surface area contributed by atoms with Crippen molar-refractivity contribution in [3.05, 3.63) is 29.8 Å². The summed E-state index contributed by atoms with van der Waals surface area (Å²) in [6, 6.07) is 7.74. The van der Waals surface area contributed by atoms with E-state index in [2.05, 4.69) is 5.32 Å². The van der Waals surface area contributed by atoms with Crippen LogP contribution in [-0.4, -0.2) is 6.54 Å². The van der Waals surface area contributed by atoms with E-state index in [0.29, 0.717) is 6.54 Å². The number of fused-ring (bicyclic) bond motifs is 1. The van der Waals surface area contributed by atoms with Gasteiger partial charge in [0.25, 0.3) is 0 Å². The zero-order chi connectivity index (χ0) is 9.26. The standard InChI is InChI=1S/C10H9N3/c11-5-4-7-6-13-10-8(7)2-1-3-9(10)12/h1-4,13H,6,12H2/b7-4+. The quantitative estimate of drug-likeness (QED) is 0.460. The molecule has 1 aromatic carbocycles. The fourth-order valence-corrected chi connectivity index (χ4v) is 1.52. The number of nitrogens with zero attached hydrogens (tertiary/aromatic N) is 1. The van der Waals surface area contributed by atoms with E-state index < -0.39 is 0 Å². The predicted octanol–water partition coefficient (Wildman–Crippen LogP) is 1.60. The molecule has 2 rings (SSSR count). The smallest absolute Gasteiger partial charge is 0.0915 e. The average molecular weight is 171 g/mol. The van der Waals surface area contributed by atoms with Crippen molar-refractivity contribution in [3.63, 3.8) is 0 Å². The van der Waals surface area contributed by atoms with Gasteiger partial charge in [-0.2, -0.15) is 5.26 Å². The number of hydrogen-bond donors (Lipinski definition) is 2. The Labute approximate surface area is 76.5 Å². The van der Waals surface area contributed by atoms with E-state index >= 15 is 0 Å². The van der Waals surface area contributed by atoms with Crippen LogP contribution in [0.5, 0.6) is 0 Å². The normalized spacial score (nSPS) is 16.4. The summed E-state index contributed by atoms with van der Waals surface area (Å²) in [4.78, 5) is 0. The van der Waals surface area contributed by atoms with Crippen molar-refractivity contribution in [2.75, 3.05) is 17.6 Å². The van der Waals surface area contributed by atoms with Crippen molar-refractivity contribution in [2.24, 2.45) is 0 Å². The molecule has 64 valence electrons. The van der Waals surface area contributed by atoms with E-state index in [1.165, 1.54) is 0 Å². The van der Waals surface area contributed by atoms with Crippen LogP contribution in [0.2, 0.25) is 0 Å². The van der Waals surface area contributed by atoms with Gasteiger partial charge >= 0.3 is 0 Å². The summed E-state index contributed by atoms with van der Waals surface area (Å²) in [5.74, 6) is 0. The van der Waals surface area contributed by atoms with Crippen LogP contribution in [0, 0.1) is 11.3 Å². The number of nitriles is 1. The summed E-state index contributed by atoms with van der Waals surface area (Å²) in [6.45, 7) is 0.692. The molecule has 0 aliphatic carbocycles. The summed E-state index contributed by atoms with van der Waals surface area (Å²) < 4.78 is 0. The van der Waals surface area contributed by atoms with Gasteiger partial charge in [-0.1, -0.05) is 12.1 Å². The molecule has 0 atom stereocenters. The third-order valence-electron chi connectivity index (χ3n) is 2.14. The van der Waals surface area contributed by atoms with Crippen molar-refractivity contribution in [3.8, 4) is 6.07 Å². The summed E-state index contributed by atoms with van der Waals surface area (Å²) in [5.41, 5.74) is 9.49. The van der Waals surface area contributed by atoms with E-state index in [1.807, 2.05) is 24.3 Å². The summed E-state index contributed by atoms with van der Waals surface area (Å²) in [5, 5.41) is 11.7. The molecular formula is C10H9N3. The molecule has 1 aliphatic rings. The third-order valence-corrected chi connectivity index (χ3v) is 2.14. The zero-order valence-corrected chi connectivity index (χ0v) is 7.04. The topological polar surface area (TPSA) is 61.8 Å². The van der Waals surface area contributed by atoms with Crippen LogP contribution in [0.3, 0.4) is 0 Å². The molecular weight excluding hydrogens is 162 g/mol. The maximum Gasteiger partial charge on any atom is 0.0915 e. The summed E-state index contributed by atoms with van der Waals surface area (Å²) in [6.07, 6.45) is 1.55. The molecule has 1 aliphatic heterocycles. The first-order valence-electron chi connectivity index (χ1n) is 4.04. The number of para-hydroxylation sites is 1. The molecule has 3 nitrogen and oxygen atoms in total. The zero-order valence-electron chi connectivity index (χ0n) is 7.04.